The number of carbonyl (C=O) groups excluding carboxylic acids is 3. The summed E-state index contributed by atoms with van der Waals surface area (Å²) in [4.78, 5) is 41.3. The second-order valence-electron chi connectivity index (χ2n) is 8.94. The zero-order valence-electron chi connectivity index (χ0n) is 20.7. The SMILES string of the molecule is COc1ccc(C2NC(SCC(=O)Nc3ccc4c(c3)OCCO4)C3C(=O)N(C)C(=O)N(C)C3N2)cc1. The Morgan fingerprint density at radius 2 is 1.81 bits per heavy atom. The predicted octanol–water partition coefficient (Wildman–Crippen LogP) is 1.82. The van der Waals surface area contributed by atoms with E-state index in [1.807, 2.05) is 24.3 Å². The van der Waals surface area contributed by atoms with Crippen LogP contribution in [0.3, 0.4) is 0 Å². The van der Waals surface area contributed by atoms with Crippen LogP contribution >= 0.6 is 11.8 Å². The molecular formula is C25H29N5O6S. The number of hydrogen-bond donors (Lipinski definition) is 3. The maximum atomic E-state index is 13.2. The van der Waals surface area contributed by atoms with Crippen molar-refractivity contribution >= 4 is 35.3 Å². The van der Waals surface area contributed by atoms with Gasteiger partial charge in [-0.05, 0) is 29.8 Å². The highest BCUT2D eigenvalue weighted by molar-refractivity contribution is 8.00. The van der Waals surface area contributed by atoms with Crippen LogP contribution in [0.2, 0.25) is 0 Å². The fourth-order valence-corrected chi connectivity index (χ4v) is 5.78. The summed E-state index contributed by atoms with van der Waals surface area (Å²) in [6.45, 7) is 0.950. The maximum absolute atomic E-state index is 13.2. The molecule has 3 aliphatic rings. The van der Waals surface area contributed by atoms with E-state index in [0.29, 0.717) is 30.4 Å². The fourth-order valence-electron chi connectivity index (χ4n) is 4.67. The molecule has 2 fully saturated rings. The number of urea groups is 1. The largest absolute Gasteiger partial charge is 0.497 e. The van der Waals surface area contributed by atoms with Gasteiger partial charge < -0.3 is 24.4 Å². The minimum Gasteiger partial charge on any atom is -0.497 e. The Balaban J connectivity index is 1.31. The third-order valence-electron chi connectivity index (χ3n) is 6.63. The molecule has 0 aromatic heterocycles. The Morgan fingerprint density at radius 3 is 2.54 bits per heavy atom. The van der Waals surface area contributed by atoms with Gasteiger partial charge in [-0.25, -0.2) is 4.79 Å². The first-order valence-corrected chi connectivity index (χ1v) is 12.9. The van der Waals surface area contributed by atoms with Crippen molar-refractivity contribution in [2.24, 2.45) is 5.92 Å². The number of nitrogens with zero attached hydrogens (tertiary/aromatic N) is 2. The summed E-state index contributed by atoms with van der Waals surface area (Å²) < 4.78 is 16.4. The van der Waals surface area contributed by atoms with E-state index in [2.05, 4.69) is 16.0 Å². The fraction of sp³-hybridized carbons (Fsp3) is 0.400. The summed E-state index contributed by atoms with van der Waals surface area (Å²) in [5, 5.41) is 9.30. The number of ether oxygens (including phenoxy) is 3. The lowest BCUT2D eigenvalue weighted by Gasteiger charge is -2.50. The number of methoxy groups -OCH3 is 1. The number of fused-ring (bicyclic) bond motifs is 2. The van der Waals surface area contributed by atoms with Gasteiger partial charge in [0.1, 0.15) is 19.0 Å². The zero-order valence-corrected chi connectivity index (χ0v) is 21.5. The molecule has 11 nitrogen and oxygen atoms in total. The molecule has 4 amide bonds. The minimum atomic E-state index is -0.589. The molecule has 0 aliphatic carbocycles. The third-order valence-corrected chi connectivity index (χ3v) is 7.84. The first-order chi connectivity index (χ1) is 17.9. The van der Waals surface area contributed by atoms with Crippen LogP contribution in [0.25, 0.3) is 0 Å². The van der Waals surface area contributed by atoms with Crippen LogP contribution in [0, 0.1) is 5.92 Å². The summed E-state index contributed by atoms with van der Waals surface area (Å²) in [5.41, 5.74) is 1.51. The molecule has 37 heavy (non-hydrogen) atoms. The summed E-state index contributed by atoms with van der Waals surface area (Å²) >= 11 is 1.33. The highest BCUT2D eigenvalue weighted by Gasteiger charge is 2.51. The van der Waals surface area contributed by atoms with E-state index >= 15 is 0 Å². The molecule has 5 rings (SSSR count). The molecule has 3 aliphatic heterocycles. The predicted molar refractivity (Wildman–Crippen MR) is 138 cm³/mol. The van der Waals surface area contributed by atoms with Crippen LogP contribution < -0.4 is 30.2 Å². The molecule has 4 atom stereocenters. The molecular weight excluding hydrogens is 498 g/mol. The third kappa shape index (κ3) is 5.04. The average molecular weight is 528 g/mol. The Bertz CT molecular complexity index is 1190. The quantitative estimate of drug-likeness (QED) is 0.517. The van der Waals surface area contributed by atoms with Crippen molar-refractivity contribution in [2.75, 3.05) is 45.5 Å². The van der Waals surface area contributed by atoms with E-state index in [-0.39, 0.29) is 29.8 Å². The number of amides is 4. The van der Waals surface area contributed by atoms with E-state index in [4.69, 9.17) is 14.2 Å². The summed E-state index contributed by atoms with van der Waals surface area (Å²) in [7, 11) is 4.75. The van der Waals surface area contributed by atoms with Crippen LogP contribution in [0.4, 0.5) is 10.5 Å². The van der Waals surface area contributed by atoms with Crippen molar-refractivity contribution < 1.29 is 28.6 Å². The topological polar surface area (TPSA) is 121 Å². The second kappa shape index (κ2) is 10.5. The van der Waals surface area contributed by atoms with Crippen LogP contribution in [-0.2, 0) is 9.59 Å². The Morgan fingerprint density at radius 1 is 1.08 bits per heavy atom. The average Bonchev–Trinajstić information content (AvgIpc) is 2.93. The molecule has 3 heterocycles. The molecule has 0 spiro atoms. The molecule has 2 aromatic carbocycles. The minimum absolute atomic E-state index is 0.0965. The highest BCUT2D eigenvalue weighted by atomic mass is 32.2. The molecule has 3 N–H and O–H groups in total. The monoisotopic (exact) mass is 527 g/mol. The number of nitrogens with one attached hydrogen (secondary N) is 3. The first kappa shape index (κ1) is 25.2. The van der Waals surface area contributed by atoms with Gasteiger partial charge in [0.25, 0.3) is 0 Å². The van der Waals surface area contributed by atoms with Gasteiger partial charge in [0.05, 0.1) is 36.5 Å². The molecule has 0 bridgehead atoms. The molecule has 196 valence electrons. The zero-order chi connectivity index (χ0) is 26.1. The van der Waals surface area contributed by atoms with Gasteiger partial charge in [-0.3, -0.25) is 25.1 Å². The Hall–Kier alpha value is -3.48. The van der Waals surface area contributed by atoms with Crippen LogP contribution in [0.1, 0.15) is 11.7 Å². The number of imide groups is 1. The lowest BCUT2D eigenvalue weighted by Crippen LogP contribution is -2.72. The van der Waals surface area contributed by atoms with Gasteiger partial charge in [-0.15, -0.1) is 11.8 Å². The number of thioether (sulfide) groups is 1. The van der Waals surface area contributed by atoms with Crippen molar-refractivity contribution in [3.05, 3.63) is 48.0 Å². The van der Waals surface area contributed by atoms with Gasteiger partial charge >= 0.3 is 6.03 Å². The normalized spacial score (nSPS) is 24.9. The van der Waals surface area contributed by atoms with Crippen LogP contribution in [-0.4, -0.2) is 79.4 Å². The number of carbonyl (C=O) groups is 3. The van der Waals surface area contributed by atoms with Crippen LogP contribution in [0.5, 0.6) is 17.2 Å². The van der Waals surface area contributed by atoms with E-state index < -0.39 is 17.5 Å². The van der Waals surface area contributed by atoms with Crippen molar-refractivity contribution in [3.63, 3.8) is 0 Å². The van der Waals surface area contributed by atoms with Gasteiger partial charge in [0, 0.05) is 25.8 Å². The Labute approximate surface area is 218 Å². The number of rotatable bonds is 6. The maximum Gasteiger partial charge on any atom is 0.327 e. The lowest BCUT2D eigenvalue weighted by atomic mass is 9.96. The summed E-state index contributed by atoms with van der Waals surface area (Å²) in [6, 6.07) is 12.4. The Kier molecular flexibility index (Phi) is 7.13. The van der Waals surface area contributed by atoms with Gasteiger partial charge in [0.15, 0.2) is 11.5 Å². The molecule has 2 aromatic rings. The summed E-state index contributed by atoms with van der Waals surface area (Å²) in [5.74, 6) is 0.943. The van der Waals surface area contributed by atoms with Gasteiger partial charge in [0.2, 0.25) is 11.8 Å². The summed E-state index contributed by atoms with van der Waals surface area (Å²) in [6.07, 6.45) is -0.889. The van der Waals surface area contributed by atoms with Crippen LogP contribution in [0.15, 0.2) is 42.5 Å². The van der Waals surface area contributed by atoms with Crippen molar-refractivity contribution in [1.82, 2.24) is 20.4 Å². The standard InChI is InChI=1S/C25H29N5O6S/c1-29-22-20(24(32)30(2)25(29)33)23(28-21(27-22)14-4-7-16(34-3)8-5-14)37-13-19(31)26-15-6-9-17-18(12-15)36-11-10-35-17/h4-9,12,20-23,27-28H,10-11,13H2,1-3H3,(H,26,31). The molecule has 0 saturated carbocycles. The van der Waals surface area contributed by atoms with E-state index in [1.165, 1.54) is 23.7 Å². The lowest BCUT2D eigenvalue weighted by molar-refractivity contribution is -0.140. The van der Waals surface area contributed by atoms with Gasteiger partial charge in [-0.1, -0.05) is 12.1 Å². The number of anilines is 1. The van der Waals surface area contributed by atoms with Crippen molar-refractivity contribution in [3.8, 4) is 17.2 Å². The van der Waals surface area contributed by atoms with Gasteiger partial charge in [-0.2, -0.15) is 0 Å². The first-order valence-electron chi connectivity index (χ1n) is 11.9. The molecule has 4 unspecified atom stereocenters. The molecule has 12 heteroatoms. The van der Waals surface area contributed by atoms with E-state index in [0.717, 1.165) is 16.2 Å². The molecule has 2 saturated heterocycles. The smallest absolute Gasteiger partial charge is 0.327 e. The van der Waals surface area contributed by atoms with Crippen molar-refractivity contribution in [2.45, 2.75) is 17.7 Å². The number of benzene rings is 2. The number of hydrogen-bond acceptors (Lipinski definition) is 9. The second-order valence-corrected chi connectivity index (χ2v) is 10.1. The van der Waals surface area contributed by atoms with E-state index in [1.54, 1.807) is 32.4 Å². The van der Waals surface area contributed by atoms with Crippen molar-refractivity contribution in [1.29, 1.82) is 0 Å². The highest BCUT2D eigenvalue weighted by Crippen LogP contribution is 2.35. The molecule has 0 radical (unpaired) electrons. The van der Waals surface area contributed by atoms with E-state index in [9.17, 15) is 14.4 Å².